The predicted octanol–water partition coefficient (Wildman–Crippen LogP) is 1.23. The summed E-state index contributed by atoms with van der Waals surface area (Å²) in [6.45, 7) is 5.38. The van der Waals surface area contributed by atoms with Gasteiger partial charge in [-0.3, -0.25) is 0 Å². The van der Waals surface area contributed by atoms with Crippen LogP contribution in [0.15, 0.2) is 28.7 Å². The highest BCUT2D eigenvalue weighted by molar-refractivity contribution is 7.91. The third-order valence-electron chi connectivity index (χ3n) is 4.60. The molecular weight excluding hydrogens is 346 g/mol. The van der Waals surface area contributed by atoms with Crippen LogP contribution in [-0.4, -0.2) is 42.3 Å². The molecule has 1 aromatic carbocycles. The van der Waals surface area contributed by atoms with Crippen molar-refractivity contribution in [2.45, 2.75) is 33.0 Å². The molecule has 0 aliphatic carbocycles. The second-order valence-electron chi connectivity index (χ2n) is 6.26. The van der Waals surface area contributed by atoms with Gasteiger partial charge in [-0.15, -0.1) is 5.10 Å². The SMILES string of the molecule is CC[NH+](Cn1nc(-c2ccccc2C)oc1=S)[C@H]1CCS(=O)(=O)C1. The zero-order valence-corrected chi connectivity index (χ0v) is 15.5. The van der Waals surface area contributed by atoms with Crippen LogP contribution in [0.2, 0.25) is 0 Å². The summed E-state index contributed by atoms with van der Waals surface area (Å²) in [5.41, 5.74) is 1.99. The normalized spacial score (nSPS) is 21.0. The highest BCUT2D eigenvalue weighted by atomic mass is 32.2. The van der Waals surface area contributed by atoms with E-state index in [1.54, 1.807) is 4.68 Å². The minimum Gasteiger partial charge on any atom is -0.409 e. The Kier molecular flexibility index (Phi) is 4.89. The molecule has 6 nitrogen and oxygen atoms in total. The lowest BCUT2D eigenvalue weighted by Crippen LogP contribution is -3.15. The van der Waals surface area contributed by atoms with Crippen LogP contribution >= 0.6 is 12.2 Å². The van der Waals surface area contributed by atoms with E-state index in [9.17, 15) is 8.42 Å². The monoisotopic (exact) mass is 368 g/mol. The largest absolute Gasteiger partial charge is 0.409 e. The minimum absolute atomic E-state index is 0.0977. The number of hydrogen-bond donors (Lipinski definition) is 1. The van der Waals surface area contributed by atoms with Crippen molar-refractivity contribution in [1.29, 1.82) is 0 Å². The Morgan fingerprint density at radius 3 is 2.79 bits per heavy atom. The van der Waals surface area contributed by atoms with Gasteiger partial charge in [-0.05, 0) is 37.7 Å². The van der Waals surface area contributed by atoms with E-state index in [0.717, 1.165) is 22.6 Å². The number of quaternary nitrogens is 1. The van der Waals surface area contributed by atoms with Gasteiger partial charge in [-0.2, -0.15) is 4.68 Å². The standard InChI is InChI=1S/C16H21N3O3S2/c1-3-18(13-8-9-24(20,21)10-13)11-19-16(23)22-15(17-19)14-7-5-4-6-12(14)2/h4-7,13H,3,8-11H2,1-2H3/p+1/t13-/m0/s1. The van der Waals surface area contributed by atoms with E-state index < -0.39 is 9.84 Å². The summed E-state index contributed by atoms with van der Waals surface area (Å²) in [4.78, 5) is 1.48. The molecule has 2 heterocycles. The molecule has 3 rings (SSSR count). The molecule has 1 aliphatic heterocycles. The van der Waals surface area contributed by atoms with Crippen molar-refractivity contribution in [3.05, 3.63) is 34.7 Å². The molecule has 0 amide bonds. The number of hydrogen-bond acceptors (Lipinski definition) is 5. The van der Waals surface area contributed by atoms with Crippen molar-refractivity contribution >= 4 is 22.1 Å². The molecule has 1 aliphatic rings. The third kappa shape index (κ3) is 3.60. The first kappa shape index (κ1) is 17.3. The van der Waals surface area contributed by atoms with E-state index >= 15 is 0 Å². The van der Waals surface area contributed by atoms with Crippen molar-refractivity contribution in [3.63, 3.8) is 0 Å². The van der Waals surface area contributed by atoms with Crippen LogP contribution in [0.5, 0.6) is 0 Å². The third-order valence-corrected chi connectivity index (χ3v) is 6.66. The van der Waals surface area contributed by atoms with Crippen LogP contribution in [-0.2, 0) is 16.5 Å². The van der Waals surface area contributed by atoms with Crippen molar-refractivity contribution < 1.29 is 17.7 Å². The van der Waals surface area contributed by atoms with Crippen LogP contribution in [0.3, 0.4) is 0 Å². The molecule has 0 bridgehead atoms. The lowest BCUT2D eigenvalue weighted by molar-refractivity contribution is -0.943. The quantitative estimate of drug-likeness (QED) is 0.804. The minimum atomic E-state index is -2.90. The van der Waals surface area contributed by atoms with Crippen LogP contribution in [0.25, 0.3) is 11.5 Å². The number of nitrogens with zero attached hydrogens (tertiary/aromatic N) is 2. The molecule has 1 unspecified atom stereocenters. The predicted molar refractivity (Wildman–Crippen MR) is 94.1 cm³/mol. The molecule has 1 fully saturated rings. The van der Waals surface area contributed by atoms with Gasteiger partial charge in [0.15, 0.2) is 16.5 Å². The fourth-order valence-corrected chi connectivity index (χ4v) is 5.18. The van der Waals surface area contributed by atoms with Crippen molar-refractivity contribution in [3.8, 4) is 11.5 Å². The Balaban J connectivity index is 1.83. The highest BCUT2D eigenvalue weighted by Crippen LogP contribution is 2.21. The van der Waals surface area contributed by atoms with Crippen LogP contribution in [0.1, 0.15) is 18.9 Å². The number of aryl methyl sites for hydroxylation is 1. The smallest absolute Gasteiger partial charge is 0.292 e. The molecule has 1 aromatic heterocycles. The molecule has 1 saturated heterocycles. The summed E-state index contributed by atoms with van der Waals surface area (Å²) in [5.74, 6) is 1.03. The number of aromatic nitrogens is 2. The Morgan fingerprint density at radius 2 is 2.17 bits per heavy atom. The molecule has 24 heavy (non-hydrogen) atoms. The van der Waals surface area contributed by atoms with Gasteiger partial charge < -0.3 is 9.32 Å². The topological polar surface area (TPSA) is 69.5 Å². The Hall–Kier alpha value is -1.51. The Bertz CT molecular complexity index is 886. The fourth-order valence-electron chi connectivity index (χ4n) is 3.17. The maximum atomic E-state index is 11.7. The van der Waals surface area contributed by atoms with Crippen LogP contribution in [0.4, 0.5) is 0 Å². The summed E-state index contributed by atoms with van der Waals surface area (Å²) in [7, 11) is -2.90. The first-order valence-corrected chi connectivity index (χ1v) is 10.3. The summed E-state index contributed by atoms with van der Waals surface area (Å²) in [5, 5.41) is 4.51. The van der Waals surface area contributed by atoms with E-state index in [-0.39, 0.29) is 17.5 Å². The van der Waals surface area contributed by atoms with Crippen molar-refractivity contribution in [1.82, 2.24) is 9.78 Å². The molecule has 130 valence electrons. The lowest BCUT2D eigenvalue weighted by atomic mass is 10.1. The Morgan fingerprint density at radius 1 is 1.42 bits per heavy atom. The van der Waals surface area contributed by atoms with Gasteiger partial charge in [-0.25, -0.2) is 8.42 Å². The van der Waals surface area contributed by atoms with Gasteiger partial charge in [0.2, 0.25) is 5.89 Å². The van der Waals surface area contributed by atoms with E-state index in [2.05, 4.69) is 5.10 Å². The zero-order valence-electron chi connectivity index (χ0n) is 13.9. The summed E-state index contributed by atoms with van der Waals surface area (Å²) < 4.78 is 30.8. The molecule has 2 atom stereocenters. The molecule has 8 heteroatoms. The molecular formula is C16H22N3O3S2+. The molecule has 0 spiro atoms. The van der Waals surface area contributed by atoms with Gasteiger partial charge in [0.25, 0.3) is 4.84 Å². The number of nitrogens with one attached hydrogen (secondary N) is 1. The van der Waals surface area contributed by atoms with E-state index in [0.29, 0.717) is 23.8 Å². The summed E-state index contributed by atoms with van der Waals surface area (Å²) in [6.07, 6.45) is 0.696. The van der Waals surface area contributed by atoms with Gasteiger partial charge >= 0.3 is 0 Å². The number of sulfone groups is 1. The van der Waals surface area contributed by atoms with Crippen LogP contribution < -0.4 is 4.90 Å². The van der Waals surface area contributed by atoms with Crippen LogP contribution in [0, 0.1) is 11.8 Å². The van der Waals surface area contributed by atoms with Crippen molar-refractivity contribution in [2.75, 3.05) is 18.1 Å². The van der Waals surface area contributed by atoms with Gasteiger partial charge in [0.05, 0.1) is 12.3 Å². The average Bonchev–Trinajstić information content (AvgIpc) is 3.08. The number of benzene rings is 1. The van der Waals surface area contributed by atoms with Gasteiger partial charge in [0, 0.05) is 12.0 Å². The Labute approximate surface area is 147 Å². The van der Waals surface area contributed by atoms with E-state index in [4.69, 9.17) is 16.6 Å². The van der Waals surface area contributed by atoms with Crippen molar-refractivity contribution in [2.24, 2.45) is 0 Å². The van der Waals surface area contributed by atoms with E-state index in [1.807, 2.05) is 38.1 Å². The lowest BCUT2D eigenvalue weighted by Gasteiger charge is -2.22. The molecule has 0 radical (unpaired) electrons. The first-order valence-electron chi connectivity index (χ1n) is 8.08. The summed E-state index contributed by atoms with van der Waals surface area (Å²) >= 11 is 5.30. The van der Waals surface area contributed by atoms with Gasteiger partial charge in [0.1, 0.15) is 11.8 Å². The maximum absolute atomic E-state index is 11.7. The highest BCUT2D eigenvalue weighted by Gasteiger charge is 2.35. The zero-order chi connectivity index (χ0) is 17.3. The maximum Gasteiger partial charge on any atom is 0.292 e. The first-order chi connectivity index (χ1) is 11.4. The molecule has 2 aromatic rings. The average molecular weight is 369 g/mol. The van der Waals surface area contributed by atoms with Gasteiger partial charge in [-0.1, -0.05) is 18.2 Å². The fraction of sp³-hybridized carbons (Fsp3) is 0.500. The second-order valence-corrected chi connectivity index (χ2v) is 8.84. The number of rotatable bonds is 5. The molecule has 1 N–H and O–H groups in total. The molecule has 0 saturated carbocycles. The van der Waals surface area contributed by atoms with E-state index in [1.165, 1.54) is 0 Å². The second kappa shape index (κ2) is 6.78. The summed E-state index contributed by atoms with van der Waals surface area (Å²) in [6, 6.07) is 7.95.